The van der Waals surface area contributed by atoms with Crippen LogP contribution < -0.4 is 4.74 Å². The summed E-state index contributed by atoms with van der Waals surface area (Å²) in [6.45, 7) is 0. The van der Waals surface area contributed by atoms with E-state index in [0.29, 0.717) is 12.8 Å². The number of rotatable bonds is 1. The number of nitrogens with zero attached hydrogens (tertiary/aromatic N) is 1. The van der Waals surface area contributed by atoms with Crippen molar-refractivity contribution in [2.45, 2.75) is 30.5 Å². The molecule has 0 aromatic heterocycles. The first-order valence-electron chi connectivity index (χ1n) is 6.12. The number of benzene rings is 1. The molecule has 1 aliphatic heterocycles. The molecule has 3 rings (SSSR count). The lowest BCUT2D eigenvalue weighted by Gasteiger charge is -2.41. The Labute approximate surface area is 118 Å². The van der Waals surface area contributed by atoms with Crippen LogP contribution in [0, 0.1) is 0 Å². The molecular formula is C12H10F3NO4S. The first-order chi connectivity index (χ1) is 9.73. The highest BCUT2D eigenvalue weighted by Crippen LogP contribution is 2.43. The third-order valence-corrected chi connectivity index (χ3v) is 4.27. The van der Waals surface area contributed by atoms with E-state index in [0.717, 1.165) is 6.42 Å². The second-order valence-electron chi connectivity index (χ2n) is 4.80. The van der Waals surface area contributed by atoms with Crippen molar-refractivity contribution in [3.05, 3.63) is 29.8 Å². The van der Waals surface area contributed by atoms with E-state index in [1.165, 1.54) is 18.2 Å². The molecule has 0 bridgehead atoms. The molecule has 114 valence electrons. The number of ether oxygens (including phenoxy) is 1. The lowest BCUT2D eigenvalue weighted by Crippen LogP contribution is -2.45. The fourth-order valence-electron chi connectivity index (χ4n) is 2.11. The first-order valence-corrected chi connectivity index (χ1v) is 7.52. The minimum Gasteiger partial charge on any atom is -0.465 e. The highest BCUT2D eigenvalue weighted by Gasteiger charge is 2.51. The molecule has 1 saturated carbocycles. The smallest absolute Gasteiger partial charge is 0.465 e. The zero-order valence-electron chi connectivity index (χ0n) is 10.6. The Morgan fingerprint density at radius 2 is 1.90 bits per heavy atom. The molecule has 0 radical (unpaired) electrons. The van der Waals surface area contributed by atoms with Crippen LogP contribution in [-0.2, 0) is 14.3 Å². The van der Waals surface area contributed by atoms with Gasteiger partial charge in [0.15, 0.2) is 0 Å². The highest BCUT2D eigenvalue weighted by molar-refractivity contribution is 7.88. The van der Waals surface area contributed by atoms with E-state index in [9.17, 15) is 21.6 Å². The molecule has 0 saturated heterocycles. The molecule has 1 fully saturated rings. The molecule has 1 aromatic carbocycles. The number of halogens is 3. The highest BCUT2D eigenvalue weighted by atomic mass is 32.2. The van der Waals surface area contributed by atoms with Crippen molar-refractivity contribution in [1.82, 2.24) is 0 Å². The minimum absolute atomic E-state index is 0.0860. The maximum atomic E-state index is 12.5. The SMILES string of the molecule is O=S(=O)(OC1=NC2(CCC2)Oc2ccccc21)C(F)(F)F. The van der Waals surface area contributed by atoms with Gasteiger partial charge in [-0.15, -0.1) is 0 Å². The second-order valence-corrected chi connectivity index (χ2v) is 6.34. The number of hydrogen-bond acceptors (Lipinski definition) is 5. The van der Waals surface area contributed by atoms with E-state index >= 15 is 0 Å². The van der Waals surface area contributed by atoms with Crippen molar-refractivity contribution in [2.75, 3.05) is 0 Å². The Kier molecular flexibility index (Phi) is 2.94. The summed E-state index contributed by atoms with van der Waals surface area (Å²) in [5.74, 6) is -0.312. The van der Waals surface area contributed by atoms with Gasteiger partial charge in [-0.25, -0.2) is 4.99 Å². The molecule has 0 N–H and O–H groups in total. The number of aliphatic imine (C=N–C) groups is 1. The van der Waals surface area contributed by atoms with Gasteiger partial charge >= 0.3 is 15.6 Å². The van der Waals surface area contributed by atoms with Crippen LogP contribution in [0.1, 0.15) is 24.8 Å². The maximum Gasteiger partial charge on any atom is 0.534 e. The van der Waals surface area contributed by atoms with Gasteiger partial charge in [-0.1, -0.05) is 12.1 Å². The predicted molar refractivity (Wildman–Crippen MR) is 66.2 cm³/mol. The van der Waals surface area contributed by atoms with Crippen LogP contribution >= 0.6 is 0 Å². The summed E-state index contributed by atoms with van der Waals surface area (Å²) in [5, 5.41) is 0. The Bertz CT molecular complexity index is 707. The van der Waals surface area contributed by atoms with E-state index < -0.39 is 27.2 Å². The maximum absolute atomic E-state index is 12.5. The molecular weight excluding hydrogens is 311 g/mol. The van der Waals surface area contributed by atoms with Gasteiger partial charge in [0.2, 0.25) is 11.6 Å². The average molecular weight is 321 g/mol. The number of hydrogen-bond donors (Lipinski definition) is 0. The zero-order valence-corrected chi connectivity index (χ0v) is 11.4. The Morgan fingerprint density at radius 1 is 1.24 bits per heavy atom. The molecule has 5 nitrogen and oxygen atoms in total. The number of alkyl halides is 3. The van der Waals surface area contributed by atoms with Crippen LogP contribution in [0.3, 0.4) is 0 Å². The van der Waals surface area contributed by atoms with Crippen LogP contribution in [0.25, 0.3) is 0 Å². The molecule has 1 aromatic rings. The van der Waals surface area contributed by atoms with Crippen molar-refractivity contribution in [1.29, 1.82) is 0 Å². The predicted octanol–water partition coefficient (Wildman–Crippen LogP) is 2.57. The van der Waals surface area contributed by atoms with Gasteiger partial charge in [0.05, 0.1) is 5.56 Å². The third kappa shape index (κ3) is 2.35. The fourth-order valence-corrected chi connectivity index (χ4v) is 2.54. The summed E-state index contributed by atoms with van der Waals surface area (Å²) in [5.41, 5.74) is -6.43. The quantitative estimate of drug-likeness (QED) is 0.589. The molecule has 2 aliphatic rings. The average Bonchev–Trinajstić information content (AvgIpc) is 2.35. The van der Waals surface area contributed by atoms with Crippen LogP contribution in [0.2, 0.25) is 0 Å². The molecule has 21 heavy (non-hydrogen) atoms. The largest absolute Gasteiger partial charge is 0.534 e. The summed E-state index contributed by atoms with van der Waals surface area (Å²) in [6, 6.07) is 6.09. The Hall–Kier alpha value is -1.77. The summed E-state index contributed by atoms with van der Waals surface area (Å²) >= 11 is 0. The van der Waals surface area contributed by atoms with Crippen molar-refractivity contribution in [2.24, 2.45) is 4.99 Å². The summed E-state index contributed by atoms with van der Waals surface area (Å²) in [4.78, 5) is 3.95. The Morgan fingerprint density at radius 3 is 2.48 bits per heavy atom. The van der Waals surface area contributed by atoms with Crippen molar-refractivity contribution >= 4 is 16.0 Å². The van der Waals surface area contributed by atoms with E-state index in [1.807, 2.05) is 0 Å². The van der Waals surface area contributed by atoms with Crippen molar-refractivity contribution < 1.29 is 30.5 Å². The van der Waals surface area contributed by atoms with Gasteiger partial charge in [-0.2, -0.15) is 21.6 Å². The monoisotopic (exact) mass is 321 g/mol. The summed E-state index contributed by atoms with van der Waals surface area (Å²) in [6.07, 6.45) is 1.80. The van der Waals surface area contributed by atoms with Gasteiger partial charge < -0.3 is 8.92 Å². The van der Waals surface area contributed by atoms with E-state index in [-0.39, 0.29) is 11.3 Å². The molecule has 1 spiro atoms. The lowest BCUT2D eigenvalue weighted by atomic mass is 9.87. The van der Waals surface area contributed by atoms with Gasteiger partial charge in [0.25, 0.3) is 0 Å². The van der Waals surface area contributed by atoms with E-state index in [4.69, 9.17) is 4.74 Å². The molecule has 1 heterocycles. The lowest BCUT2D eigenvalue weighted by molar-refractivity contribution is -0.0510. The summed E-state index contributed by atoms with van der Waals surface area (Å²) < 4.78 is 69.6. The van der Waals surface area contributed by atoms with Crippen LogP contribution in [0.15, 0.2) is 29.3 Å². The summed E-state index contributed by atoms with van der Waals surface area (Å²) in [7, 11) is -5.76. The topological polar surface area (TPSA) is 65.0 Å². The zero-order chi connectivity index (χ0) is 15.3. The van der Waals surface area contributed by atoms with Crippen LogP contribution in [0.4, 0.5) is 13.2 Å². The third-order valence-electron chi connectivity index (χ3n) is 3.33. The van der Waals surface area contributed by atoms with E-state index in [2.05, 4.69) is 9.18 Å². The second kappa shape index (κ2) is 4.36. The van der Waals surface area contributed by atoms with Crippen molar-refractivity contribution in [3.63, 3.8) is 0 Å². The molecule has 9 heteroatoms. The van der Waals surface area contributed by atoms with Gasteiger partial charge in [-0.05, 0) is 18.6 Å². The number of para-hydroxylation sites is 1. The standard InChI is InChI=1S/C12H10F3NO4S/c13-12(14,15)21(17,18)20-10-8-4-1-2-5-9(8)19-11(16-10)6-3-7-11/h1-2,4-5H,3,6-7H2. The molecule has 0 unspecified atom stereocenters. The van der Waals surface area contributed by atoms with Gasteiger partial charge in [0, 0.05) is 12.8 Å². The molecule has 1 aliphatic carbocycles. The van der Waals surface area contributed by atoms with Crippen molar-refractivity contribution in [3.8, 4) is 5.75 Å². The van der Waals surface area contributed by atoms with Crippen LogP contribution in [-0.4, -0.2) is 25.5 Å². The molecule has 0 amide bonds. The van der Waals surface area contributed by atoms with Crippen LogP contribution in [0.5, 0.6) is 5.75 Å². The fraction of sp³-hybridized carbons (Fsp3) is 0.417. The first kappa shape index (κ1) is 14.2. The van der Waals surface area contributed by atoms with Gasteiger partial charge in [0.1, 0.15) is 5.75 Å². The molecule has 0 atom stereocenters. The minimum atomic E-state index is -5.76. The van der Waals surface area contributed by atoms with E-state index in [1.54, 1.807) is 6.07 Å². The number of fused-ring (bicyclic) bond motifs is 1. The van der Waals surface area contributed by atoms with Gasteiger partial charge in [-0.3, -0.25) is 0 Å². The normalized spacial score (nSPS) is 20.0. The Balaban J connectivity index is 2.03.